The van der Waals surface area contributed by atoms with E-state index < -0.39 is 0 Å². The normalized spacial score (nSPS) is 10.9. The molecular weight excluding hydrogens is 727 g/mol. The van der Waals surface area contributed by atoms with E-state index in [4.69, 9.17) is 60.6 Å². The number of hydrogen-bond acceptors (Lipinski definition) is 14. The maximum Gasteiger partial charge on any atom is 0.224 e. The Hall–Kier alpha value is -6.90. The van der Waals surface area contributed by atoms with Crippen molar-refractivity contribution < 1.29 is 9.47 Å². The average Bonchev–Trinajstić information content (AvgIpc) is 3.18. The van der Waals surface area contributed by atoms with Gasteiger partial charge in [0.05, 0.1) is 41.3 Å². The molecule has 268 valence electrons. The molecule has 16 heteroatoms. The minimum absolute atomic E-state index is 0.0385. The van der Waals surface area contributed by atoms with Crippen LogP contribution in [0.15, 0.2) is 97.1 Å². The molecule has 0 saturated heterocycles. The molecule has 0 bridgehead atoms. The molecule has 4 aromatic carbocycles. The van der Waals surface area contributed by atoms with Gasteiger partial charge in [-0.05, 0) is 60.7 Å². The van der Waals surface area contributed by atoms with Crippen LogP contribution >= 0.6 is 23.2 Å². The fraction of sp³-hybridized carbons (Fsp3) is 0.0526. The molecule has 0 atom stereocenters. The van der Waals surface area contributed by atoms with Gasteiger partial charge in [-0.1, -0.05) is 59.6 Å². The summed E-state index contributed by atoms with van der Waals surface area (Å²) >= 11 is 12.8. The summed E-state index contributed by atoms with van der Waals surface area (Å²) < 4.78 is 10.5. The standard InChI is InChI=1S/2C19H15ClN6O/c1-27-11-8-6-10(7-9-11)14-15(12-4-2-3-5-13(12)20)23-16-17(21)25-19(22)26-18(16)24-14;1-27-11-8-6-10(7-9-11)14-15(12-4-2-3-5-13(12)20)24-18-16(23-14)17(21)25-19(22)26-18/h2*2-9H,1H3,(H4,21,22,24,25,26). The number of nitrogen functional groups attached to an aromatic ring is 4. The van der Waals surface area contributed by atoms with Crippen LogP contribution in [0.4, 0.5) is 23.5 Å². The predicted molar refractivity (Wildman–Crippen MR) is 213 cm³/mol. The Bertz CT molecular complexity index is 2660. The van der Waals surface area contributed by atoms with Crippen LogP contribution in [-0.4, -0.2) is 54.1 Å². The van der Waals surface area contributed by atoms with E-state index in [1.807, 2.05) is 84.9 Å². The maximum absolute atomic E-state index is 6.41. The molecule has 4 heterocycles. The van der Waals surface area contributed by atoms with Gasteiger partial charge in [-0.3, -0.25) is 0 Å². The smallest absolute Gasteiger partial charge is 0.224 e. The highest BCUT2D eigenvalue weighted by molar-refractivity contribution is 6.33. The number of anilines is 4. The molecule has 0 saturated carbocycles. The lowest BCUT2D eigenvalue weighted by Gasteiger charge is -2.12. The van der Waals surface area contributed by atoms with E-state index in [2.05, 4.69) is 34.9 Å². The Labute approximate surface area is 318 Å². The summed E-state index contributed by atoms with van der Waals surface area (Å²) in [5, 5.41) is 1.10. The Balaban J connectivity index is 0.000000167. The van der Waals surface area contributed by atoms with Crippen molar-refractivity contribution in [2.45, 2.75) is 0 Å². The van der Waals surface area contributed by atoms with Crippen LogP contribution in [0.2, 0.25) is 10.0 Å². The summed E-state index contributed by atoms with van der Waals surface area (Å²) in [5.41, 5.74) is 30.3. The van der Waals surface area contributed by atoms with Crippen molar-refractivity contribution >= 4 is 69.1 Å². The second-order valence-corrected chi connectivity index (χ2v) is 12.4. The number of nitrogens with zero attached hydrogens (tertiary/aromatic N) is 8. The third-order valence-electron chi connectivity index (χ3n) is 8.14. The van der Waals surface area contributed by atoms with E-state index in [1.165, 1.54) is 0 Å². The van der Waals surface area contributed by atoms with E-state index in [1.54, 1.807) is 26.4 Å². The van der Waals surface area contributed by atoms with Crippen molar-refractivity contribution in [3.05, 3.63) is 107 Å². The maximum atomic E-state index is 6.41. The minimum atomic E-state index is 0.0385. The number of benzene rings is 4. The first kappa shape index (κ1) is 35.5. The SMILES string of the molecule is COc1ccc(-c2nc3c(N)nc(N)nc3nc2-c2ccccc2Cl)cc1.COc1ccc(-c2nc3nc(N)nc(N)c3nc2-c2ccccc2Cl)cc1. The fourth-order valence-electron chi connectivity index (χ4n) is 5.55. The van der Waals surface area contributed by atoms with Crippen molar-refractivity contribution in [2.75, 3.05) is 37.2 Å². The van der Waals surface area contributed by atoms with Gasteiger partial charge in [0.2, 0.25) is 11.9 Å². The van der Waals surface area contributed by atoms with Crippen LogP contribution in [0.25, 0.3) is 67.4 Å². The molecule has 0 fully saturated rings. The second-order valence-electron chi connectivity index (χ2n) is 11.5. The first-order valence-corrected chi connectivity index (χ1v) is 16.9. The highest BCUT2D eigenvalue weighted by Crippen LogP contribution is 2.37. The first-order chi connectivity index (χ1) is 26.1. The van der Waals surface area contributed by atoms with Crippen molar-refractivity contribution in [1.29, 1.82) is 0 Å². The van der Waals surface area contributed by atoms with Crippen molar-refractivity contribution in [3.63, 3.8) is 0 Å². The van der Waals surface area contributed by atoms with E-state index >= 15 is 0 Å². The van der Waals surface area contributed by atoms with Crippen LogP contribution < -0.4 is 32.4 Å². The average molecular weight is 758 g/mol. The molecule has 0 spiro atoms. The zero-order valence-corrected chi connectivity index (χ0v) is 30.2. The Morgan fingerprint density at radius 3 is 1.22 bits per heavy atom. The number of methoxy groups -OCH3 is 2. The highest BCUT2D eigenvalue weighted by atomic mass is 35.5. The van der Waals surface area contributed by atoms with E-state index in [9.17, 15) is 0 Å². The number of aromatic nitrogens is 8. The monoisotopic (exact) mass is 756 g/mol. The van der Waals surface area contributed by atoms with Gasteiger partial charge in [0.15, 0.2) is 34.0 Å². The summed E-state index contributed by atoms with van der Waals surface area (Å²) in [6.07, 6.45) is 0. The summed E-state index contributed by atoms with van der Waals surface area (Å²) in [6, 6.07) is 29.8. The summed E-state index contributed by atoms with van der Waals surface area (Å²) in [7, 11) is 3.23. The third-order valence-corrected chi connectivity index (χ3v) is 8.80. The molecule has 8 aromatic rings. The zero-order valence-electron chi connectivity index (χ0n) is 28.7. The third kappa shape index (κ3) is 7.11. The van der Waals surface area contributed by atoms with E-state index in [0.717, 1.165) is 33.8 Å². The van der Waals surface area contributed by atoms with Gasteiger partial charge in [0, 0.05) is 22.3 Å². The van der Waals surface area contributed by atoms with Crippen LogP contribution in [0.3, 0.4) is 0 Å². The number of halogens is 2. The van der Waals surface area contributed by atoms with E-state index in [-0.39, 0.29) is 23.5 Å². The van der Waals surface area contributed by atoms with Crippen LogP contribution in [-0.2, 0) is 0 Å². The topological polar surface area (TPSA) is 226 Å². The van der Waals surface area contributed by atoms with Gasteiger partial charge < -0.3 is 32.4 Å². The molecule has 0 amide bonds. The summed E-state index contributed by atoms with van der Waals surface area (Å²) in [6.45, 7) is 0. The molecule has 54 heavy (non-hydrogen) atoms. The second kappa shape index (κ2) is 15.0. The number of ether oxygens (including phenoxy) is 2. The van der Waals surface area contributed by atoms with Gasteiger partial charge >= 0.3 is 0 Å². The van der Waals surface area contributed by atoms with Gasteiger partial charge in [-0.25, -0.2) is 19.9 Å². The lowest BCUT2D eigenvalue weighted by atomic mass is 10.0. The summed E-state index contributed by atoms with van der Waals surface area (Å²) in [5.74, 6) is 1.90. The van der Waals surface area contributed by atoms with Gasteiger partial charge in [0.25, 0.3) is 0 Å². The Kier molecular flexibility index (Phi) is 9.85. The fourth-order valence-corrected chi connectivity index (χ4v) is 6.01. The molecule has 4 aromatic heterocycles. The van der Waals surface area contributed by atoms with Crippen LogP contribution in [0.5, 0.6) is 11.5 Å². The van der Waals surface area contributed by atoms with Gasteiger partial charge in [-0.15, -0.1) is 0 Å². The highest BCUT2D eigenvalue weighted by Gasteiger charge is 2.20. The van der Waals surface area contributed by atoms with Gasteiger partial charge in [-0.2, -0.15) is 19.9 Å². The van der Waals surface area contributed by atoms with Crippen molar-refractivity contribution in [1.82, 2.24) is 39.9 Å². The molecule has 0 aliphatic rings. The van der Waals surface area contributed by atoms with Gasteiger partial charge in [0.1, 0.15) is 17.2 Å². The van der Waals surface area contributed by atoms with E-state index in [0.29, 0.717) is 55.1 Å². The van der Waals surface area contributed by atoms with Crippen LogP contribution in [0.1, 0.15) is 0 Å². The number of hydrogen-bond donors (Lipinski definition) is 4. The first-order valence-electron chi connectivity index (χ1n) is 16.1. The summed E-state index contributed by atoms with van der Waals surface area (Å²) in [4.78, 5) is 35.0. The molecule has 8 N–H and O–H groups in total. The quantitative estimate of drug-likeness (QED) is 0.132. The molecule has 0 aliphatic carbocycles. The molecule has 0 aliphatic heterocycles. The lowest BCUT2D eigenvalue weighted by Crippen LogP contribution is -2.05. The lowest BCUT2D eigenvalue weighted by molar-refractivity contribution is 0.415. The molecule has 14 nitrogen and oxygen atoms in total. The number of rotatable bonds is 6. The molecular formula is C38H30Cl2N12O2. The molecule has 0 unspecified atom stereocenters. The predicted octanol–water partition coefficient (Wildman–Crippen LogP) is 7.16. The van der Waals surface area contributed by atoms with Crippen molar-refractivity contribution in [2.24, 2.45) is 0 Å². The number of fused-ring (bicyclic) bond motifs is 2. The molecule has 8 rings (SSSR count). The zero-order chi connectivity index (χ0) is 37.9. The van der Waals surface area contributed by atoms with Crippen LogP contribution in [0, 0.1) is 0 Å². The Morgan fingerprint density at radius 1 is 0.426 bits per heavy atom. The Morgan fingerprint density at radius 2 is 0.796 bits per heavy atom. The van der Waals surface area contributed by atoms with Crippen molar-refractivity contribution in [3.8, 4) is 56.5 Å². The number of nitrogens with two attached hydrogens (primary N) is 4. The largest absolute Gasteiger partial charge is 0.497 e. The minimum Gasteiger partial charge on any atom is -0.497 e. The molecule has 0 radical (unpaired) electrons.